The highest BCUT2D eigenvalue weighted by Crippen LogP contribution is 2.23. The monoisotopic (exact) mass is 277 g/mol. The molecule has 0 aliphatic rings. The molecule has 0 saturated heterocycles. The molecule has 1 rings (SSSR count). The molecule has 0 bridgehead atoms. The maximum atomic E-state index is 6.29. The van der Waals surface area contributed by atoms with E-state index in [1.165, 1.54) is 5.56 Å². The lowest BCUT2D eigenvalue weighted by atomic mass is 10.1. The molecule has 0 N–H and O–H groups in total. The second-order valence-corrected chi connectivity index (χ2v) is 10.1. The van der Waals surface area contributed by atoms with Crippen LogP contribution in [0.2, 0.25) is 19.6 Å². The lowest BCUT2D eigenvalue weighted by Gasteiger charge is -2.25. The van der Waals surface area contributed by atoms with Crippen molar-refractivity contribution in [3.63, 3.8) is 0 Å². The number of hydrogen-bond acceptors (Lipinski definition) is 2. The van der Waals surface area contributed by atoms with Gasteiger partial charge in [-0.2, -0.15) is 0 Å². The predicted molar refractivity (Wildman–Crippen MR) is 85.7 cm³/mol. The Kier molecular flexibility index (Phi) is 6.32. The summed E-state index contributed by atoms with van der Waals surface area (Å²) in [5, 5.41) is 0. The molecule has 1 unspecified atom stereocenters. The summed E-state index contributed by atoms with van der Waals surface area (Å²) in [4.78, 5) is 2.28. The van der Waals surface area contributed by atoms with Crippen molar-refractivity contribution < 1.29 is 4.43 Å². The minimum absolute atomic E-state index is 0.0634. The third-order valence-corrected chi connectivity index (χ3v) is 3.85. The van der Waals surface area contributed by atoms with Gasteiger partial charge < -0.3 is 9.33 Å². The summed E-state index contributed by atoms with van der Waals surface area (Å²) in [5.74, 6) is 0. The molecule has 0 radical (unpaired) electrons. The van der Waals surface area contributed by atoms with E-state index in [-0.39, 0.29) is 6.10 Å². The van der Waals surface area contributed by atoms with Crippen molar-refractivity contribution in [2.24, 2.45) is 0 Å². The van der Waals surface area contributed by atoms with E-state index >= 15 is 0 Å². The van der Waals surface area contributed by atoms with E-state index < -0.39 is 8.32 Å². The summed E-state index contributed by atoms with van der Waals surface area (Å²) in [6, 6.07) is 10.5. The Labute approximate surface area is 119 Å². The Morgan fingerprint density at radius 1 is 1.11 bits per heavy atom. The van der Waals surface area contributed by atoms with Crippen molar-refractivity contribution in [3.8, 4) is 0 Å². The van der Waals surface area contributed by atoms with Gasteiger partial charge in [-0.1, -0.05) is 30.3 Å². The van der Waals surface area contributed by atoms with Crippen LogP contribution in [0.1, 0.15) is 25.5 Å². The number of hydrogen-bond donors (Lipinski definition) is 0. The summed E-state index contributed by atoms with van der Waals surface area (Å²) in [5.41, 5.74) is 1.23. The van der Waals surface area contributed by atoms with Crippen LogP contribution >= 0.6 is 0 Å². The molecule has 0 heterocycles. The van der Waals surface area contributed by atoms with Crippen LogP contribution in [0.5, 0.6) is 0 Å². The predicted octanol–water partition coefficient (Wildman–Crippen LogP) is 4.43. The van der Waals surface area contributed by atoms with Crippen molar-refractivity contribution in [2.45, 2.75) is 39.6 Å². The Bertz CT molecular complexity index is 379. The maximum Gasteiger partial charge on any atom is 0.185 e. The second kappa shape index (κ2) is 7.51. The molecule has 3 heteroatoms. The van der Waals surface area contributed by atoms with Crippen molar-refractivity contribution >= 4 is 8.32 Å². The molecule has 2 nitrogen and oxygen atoms in total. The smallest absolute Gasteiger partial charge is 0.185 e. The number of nitrogens with zero attached hydrogens (tertiary/aromatic N) is 1. The van der Waals surface area contributed by atoms with E-state index in [1.54, 1.807) is 0 Å². The molecule has 106 valence electrons. The van der Waals surface area contributed by atoms with Gasteiger partial charge in [0.05, 0.1) is 6.10 Å². The van der Waals surface area contributed by atoms with Crippen LogP contribution in [0.25, 0.3) is 0 Å². The number of rotatable bonds is 7. The summed E-state index contributed by atoms with van der Waals surface area (Å²) < 4.78 is 6.29. The lowest BCUT2D eigenvalue weighted by Crippen LogP contribution is -2.27. The average molecular weight is 277 g/mol. The fourth-order valence-electron chi connectivity index (χ4n) is 1.88. The molecule has 1 atom stereocenters. The minimum Gasteiger partial charge on any atom is -0.407 e. The van der Waals surface area contributed by atoms with E-state index in [0.29, 0.717) is 0 Å². The summed E-state index contributed by atoms with van der Waals surface area (Å²) >= 11 is 0. The van der Waals surface area contributed by atoms with E-state index in [4.69, 9.17) is 4.43 Å². The zero-order chi connectivity index (χ0) is 14.3. The van der Waals surface area contributed by atoms with E-state index in [9.17, 15) is 0 Å². The molecule has 19 heavy (non-hydrogen) atoms. The fraction of sp³-hybridized carbons (Fsp3) is 0.500. The molecular weight excluding hydrogens is 250 g/mol. The third-order valence-electron chi connectivity index (χ3n) is 2.89. The Morgan fingerprint density at radius 2 is 1.68 bits per heavy atom. The van der Waals surface area contributed by atoms with Gasteiger partial charge >= 0.3 is 0 Å². The molecule has 0 spiro atoms. The first-order valence-corrected chi connectivity index (χ1v) is 10.5. The van der Waals surface area contributed by atoms with E-state index in [2.05, 4.69) is 74.9 Å². The van der Waals surface area contributed by atoms with Crippen LogP contribution < -0.4 is 0 Å². The quantitative estimate of drug-likeness (QED) is 0.683. The molecule has 0 aromatic heterocycles. The van der Waals surface area contributed by atoms with Gasteiger partial charge in [-0.05, 0) is 51.3 Å². The molecule has 1 aromatic rings. The first kappa shape index (κ1) is 16.0. The van der Waals surface area contributed by atoms with Gasteiger partial charge in [0.25, 0.3) is 0 Å². The topological polar surface area (TPSA) is 12.5 Å². The van der Waals surface area contributed by atoms with Crippen molar-refractivity contribution in [1.82, 2.24) is 4.90 Å². The van der Waals surface area contributed by atoms with Crippen LogP contribution in [0.4, 0.5) is 0 Å². The van der Waals surface area contributed by atoms with E-state index in [1.807, 2.05) is 6.07 Å². The van der Waals surface area contributed by atoms with Crippen LogP contribution in [-0.4, -0.2) is 26.3 Å². The Morgan fingerprint density at radius 3 is 2.16 bits per heavy atom. The molecule has 1 aromatic carbocycles. The summed E-state index contributed by atoms with van der Waals surface area (Å²) in [7, 11) is -1.57. The summed E-state index contributed by atoms with van der Waals surface area (Å²) in [6.45, 7) is 13.1. The molecule has 0 saturated carbocycles. The molecular formula is C16H27NOSi. The minimum atomic E-state index is -1.57. The number of benzene rings is 1. The summed E-state index contributed by atoms with van der Waals surface area (Å²) in [6.07, 6.45) is 4.41. The molecule has 0 aliphatic heterocycles. The SMILES string of the molecule is CCN(C=CC(O[Si](C)(C)C)c1ccccc1)CC. The Hall–Kier alpha value is -1.06. The normalized spacial score (nSPS) is 13.7. The zero-order valence-corrected chi connectivity index (χ0v) is 13.9. The van der Waals surface area contributed by atoms with Crippen LogP contribution in [0, 0.1) is 0 Å². The standard InChI is InChI=1S/C16H27NOSi/c1-6-17(7-2)14-13-16(18-19(3,4)5)15-11-9-8-10-12-15/h8-14,16H,6-7H2,1-5H3. The fourth-order valence-corrected chi connectivity index (χ4v) is 2.85. The van der Waals surface area contributed by atoms with Crippen molar-refractivity contribution in [1.29, 1.82) is 0 Å². The van der Waals surface area contributed by atoms with Crippen LogP contribution in [0.3, 0.4) is 0 Å². The Balaban J connectivity index is 2.87. The highest BCUT2D eigenvalue weighted by molar-refractivity contribution is 6.69. The highest BCUT2D eigenvalue weighted by atomic mass is 28.4. The highest BCUT2D eigenvalue weighted by Gasteiger charge is 2.20. The molecule has 0 aliphatic carbocycles. The van der Waals surface area contributed by atoms with Crippen molar-refractivity contribution in [3.05, 3.63) is 48.2 Å². The van der Waals surface area contributed by atoms with Gasteiger partial charge in [0.15, 0.2) is 8.32 Å². The van der Waals surface area contributed by atoms with Gasteiger partial charge in [0, 0.05) is 13.1 Å². The van der Waals surface area contributed by atoms with E-state index in [0.717, 1.165) is 13.1 Å². The third kappa shape index (κ3) is 6.08. The van der Waals surface area contributed by atoms with Gasteiger partial charge in [0.2, 0.25) is 0 Å². The van der Waals surface area contributed by atoms with Gasteiger partial charge in [0.1, 0.15) is 0 Å². The molecule has 0 amide bonds. The van der Waals surface area contributed by atoms with Crippen LogP contribution in [-0.2, 0) is 4.43 Å². The molecule has 0 fully saturated rings. The van der Waals surface area contributed by atoms with Gasteiger partial charge in [-0.3, -0.25) is 0 Å². The van der Waals surface area contributed by atoms with Gasteiger partial charge in [-0.25, -0.2) is 0 Å². The maximum absolute atomic E-state index is 6.29. The lowest BCUT2D eigenvalue weighted by molar-refractivity contribution is 0.245. The van der Waals surface area contributed by atoms with Crippen molar-refractivity contribution in [2.75, 3.05) is 13.1 Å². The van der Waals surface area contributed by atoms with Gasteiger partial charge in [-0.15, -0.1) is 0 Å². The largest absolute Gasteiger partial charge is 0.407 e. The van der Waals surface area contributed by atoms with Crippen LogP contribution in [0.15, 0.2) is 42.6 Å². The zero-order valence-electron chi connectivity index (χ0n) is 12.9. The average Bonchev–Trinajstić information content (AvgIpc) is 2.38. The second-order valence-electron chi connectivity index (χ2n) is 5.62. The first-order chi connectivity index (χ1) is 8.96. The first-order valence-electron chi connectivity index (χ1n) is 7.11.